The van der Waals surface area contributed by atoms with Crippen LogP contribution in [0.4, 0.5) is 0 Å². The predicted octanol–water partition coefficient (Wildman–Crippen LogP) is 0.381. The lowest BCUT2D eigenvalue weighted by molar-refractivity contribution is -0.138. The highest BCUT2D eigenvalue weighted by Crippen LogP contribution is 2.54. The van der Waals surface area contributed by atoms with Crippen LogP contribution in [0.3, 0.4) is 0 Å². The number of nitrogens with zero attached hydrogens (tertiary/aromatic N) is 1. The van der Waals surface area contributed by atoms with Gasteiger partial charge in [0.25, 0.3) is 0 Å². The zero-order valence-corrected chi connectivity index (χ0v) is 9.45. The Hall–Kier alpha value is -1.06. The summed E-state index contributed by atoms with van der Waals surface area (Å²) in [5.74, 6) is 2.09. The number of nitrogens with one attached hydrogen (secondary N) is 1. The van der Waals surface area contributed by atoms with Crippen molar-refractivity contribution in [1.82, 2.24) is 10.2 Å². The van der Waals surface area contributed by atoms with Crippen LogP contribution in [0.15, 0.2) is 0 Å². The van der Waals surface area contributed by atoms with Crippen LogP contribution in [0.25, 0.3) is 0 Å². The van der Waals surface area contributed by atoms with E-state index in [4.69, 9.17) is 0 Å². The molecule has 2 aliphatic carbocycles. The lowest BCUT2D eigenvalue weighted by atomic mass is 10.0. The number of hydrogen-bond donors (Lipinski definition) is 1. The second kappa shape index (κ2) is 3.75. The van der Waals surface area contributed by atoms with E-state index in [1.165, 1.54) is 6.42 Å². The second-order valence-electron chi connectivity index (χ2n) is 5.39. The first kappa shape index (κ1) is 10.1. The van der Waals surface area contributed by atoms with Crippen LogP contribution < -0.4 is 5.32 Å². The lowest BCUT2D eigenvalue weighted by Gasteiger charge is -2.23. The second-order valence-corrected chi connectivity index (χ2v) is 5.39. The minimum absolute atomic E-state index is 0.00555. The number of carbonyl (C=O) groups excluding carboxylic acids is 2. The fraction of sp³-hybridized carbons (Fsp3) is 0.833. The molecule has 0 aromatic heterocycles. The van der Waals surface area contributed by atoms with E-state index >= 15 is 0 Å². The largest absolute Gasteiger partial charge is 0.354 e. The summed E-state index contributed by atoms with van der Waals surface area (Å²) < 4.78 is 0. The molecule has 0 aromatic rings. The third kappa shape index (κ3) is 1.81. The standard InChI is InChI=1S/C12H18N2O2/c15-11-7-14(3-1-2-13-11)12(16)10-5-8-4-9(8)6-10/h8-10H,1-7H2,(H,13,15). The van der Waals surface area contributed by atoms with Gasteiger partial charge < -0.3 is 10.2 Å². The quantitative estimate of drug-likeness (QED) is 0.697. The Morgan fingerprint density at radius 3 is 2.75 bits per heavy atom. The molecule has 1 saturated heterocycles. The molecule has 3 fully saturated rings. The molecule has 4 heteroatoms. The molecule has 3 rings (SSSR count). The van der Waals surface area contributed by atoms with Crippen molar-refractivity contribution in [3.05, 3.63) is 0 Å². The monoisotopic (exact) mass is 222 g/mol. The molecular weight excluding hydrogens is 204 g/mol. The number of hydrogen-bond acceptors (Lipinski definition) is 2. The molecule has 3 aliphatic rings. The number of fused-ring (bicyclic) bond motifs is 1. The highest BCUT2D eigenvalue weighted by Gasteiger charge is 2.48. The first-order valence-electron chi connectivity index (χ1n) is 6.29. The van der Waals surface area contributed by atoms with Crippen molar-refractivity contribution in [2.75, 3.05) is 19.6 Å². The molecule has 16 heavy (non-hydrogen) atoms. The summed E-state index contributed by atoms with van der Waals surface area (Å²) in [6.45, 7) is 1.71. The Labute approximate surface area is 95.4 Å². The van der Waals surface area contributed by atoms with E-state index in [1.807, 2.05) is 0 Å². The first-order chi connectivity index (χ1) is 7.74. The Kier molecular flexibility index (Phi) is 2.37. The number of carbonyl (C=O) groups is 2. The fourth-order valence-corrected chi connectivity index (χ4v) is 3.17. The lowest BCUT2D eigenvalue weighted by Crippen LogP contribution is -2.40. The van der Waals surface area contributed by atoms with Crippen LogP contribution in [0.5, 0.6) is 0 Å². The van der Waals surface area contributed by atoms with E-state index in [9.17, 15) is 9.59 Å². The van der Waals surface area contributed by atoms with E-state index < -0.39 is 0 Å². The smallest absolute Gasteiger partial charge is 0.239 e. The van der Waals surface area contributed by atoms with Crippen molar-refractivity contribution in [3.63, 3.8) is 0 Å². The molecule has 1 aliphatic heterocycles. The summed E-state index contributed by atoms with van der Waals surface area (Å²) in [6.07, 6.45) is 4.37. The minimum atomic E-state index is -0.00555. The average Bonchev–Trinajstić information content (AvgIpc) is 2.95. The van der Waals surface area contributed by atoms with Gasteiger partial charge in [-0.25, -0.2) is 0 Å². The van der Waals surface area contributed by atoms with Gasteiger partial charge in [0.15, 0.2) is 0 Å². The summed E-state index contributed by atoms with van der Waals surface area (Å²) in [7, 11) is 0. The zero-order chi connectivity index (χ0) is 11.1. The number of amides is 2. The Balaban J connectivity index is 1.62. The van der Waals surface area contributed by atoms with Crippen LogP contribution in [-0.4, -0.2) is 36.3 Å². The van der Waals surface area contributed by atoms with E-state index in [0.29, 0.717) is 6.54 Å². The predicted molar refractivity (Wildman–Crippen MR) is 58.5 cm³/mol. The van der Waals surface area contributed by atoms with Crippen molar-refractivity contribution >= 4 is 11.8 Å². The third-order valence-corrected chi connectivity index (χ3v) is 4.17. The molecule has 0 bridgehead atoms. The molecule has 4 nitrogen and oxygen atoms in total. The van der Waals surface area contributed by atoms with Gasteiger partial charge in [0.1, 0.15) is 0 Å². The van der Waals surface area contributed by atoms with Gasteiger partial charge in [-0.2, -0.15) is 0 Å². The van der Waals surface area contributed by atoms with Gasteiger partial charge in [-0.3, -0.25) is 9.59 Å². The maximum absolute atomic E-state index is 12.2. The van der Waals surface area contributed by atoms with Gasteiger partial charge >= 0.3 is 0 Å². The topological polar surface area (TPSA) is 49.4 Å². The van der Waals surface area contributed by atoms with E-state index in [2.05, 4.69) is 5.32 Å². The maximum atomic E-state index is 12.2. The summed E-state index contributed by atoms with van der Waals surface area (Å²) in [4.78, 5) is 25.4. The van der Waals surface area contributed by atoms with Crippen LogP contribution in [0.1, 0.15) is 25.7 Å². The Bertz CT molecular complexity index is 319. The summed E-state index contributed by atoms with van der Waals surface area (Å²) in [6, 6.07) is 0. The van der Waals surface area contributed by atoms with Crippen LogP contribution in [0, 0.1) is 17.8 Å². The van der Waals surface area contributed by atoms with Crippen LogP contribution in [0.2, 0.25) is 0 Å². The molecule has 2 saturated carbocycles. The molecule has 88 valence electrons. The van der Waals surface area contributed by atoms with E-state index in [0.717, 1.165) is 37.6 Å². The summed E-state index contributed by atoms with van der Waals surface area (Å²) in [5, 5.41) is 2.80. The van der Waals surface area contributed by atoms with Crippen molar-refractivity contribution in [1.29, 1.82) is 0 Å². The molecule has 0 radical (unpaired) electrons. The zero-order valence-electron chi connectivity index (χ0n) is 9.45. The molecule has 1 heterocycles. The normalized spacial score (nSPS) is 37.6. The average molecular weight is 222 g/mol. The van der Waals surface area contributed by atoms with Crippen LogP contribution >= 0.6 is 0 Å². The van der Waals surface area contributed by atoms with Crippen molar-refractivity contribution in [2.45, 2.75) is 25.7 Å². The SMILES string of the molecule is O=C1CN(C(=O)C2CC3CC3C2)CCCN1. The van der Waals surface area contributed by atoms with Crippen LogP contribution in [-0.2, 0) is 9.59 Å². The molecule has 0 aromatic carbocycles. The molecular formula is C12H18N2O2. The number of rotatable bonds is 1. The molecule has 2 atom stereocenters. The van der Waals surface area contributed by atoms with Gasteiger partial charge in [0.2, 0.25) is 11.8 Å². The van der Waals surface area contributed by atoms with Gasteiger partial charge in [0.05, 0.1) is 6.54 Å². The van der Waals surface area contributed by atoms with E-state index in [-0.39, 0.29) is 24.3 Å². The summed E-state index contributed by atoms with van der Waals surface area (Å²) in [5.41, 5.74) is 0. The fourth-order valence-electron chi connectivity index (χ4n) is 3.17. The molecule has 2 amide bonds. The highest BCUT2D eigenvalue weighted by molar-refractivity contribution is 5.86. The maximum Gasteiger partial charge on any atom is 0.239 e. The highest BCUT2D eigenvalue weighted by atomic mass is 16.2. The Morgan fingerprint density at radius 2 is 2.00 bits per heavy atom. The summed E-state index contributed by atoms with van der Waals surface area (Å²) >= 11 is 0. The van der Waals surface area contributed by atoms with Crippen molar-refractivity contribution in [2.24, 2.45) is 17.8 Å². The molecule has 2 unspecified atom stereocenters. The molecule has 0 spiro atoms. The van der Waals surface area contributed by atoms with Gasteiger partial charge in [0, 0.05) is 19.0 Å². The first-order valence-corrected chi connectivity index (χ1v) is 6.29. The van der Waals surface area contributed by atoms with Crippen molar-refractivity contribution < 1.29 is 9.59 Å². The van der Waals surface area contributed by atoms with Gasteiger partial charge in [-0.1, -0.05) is 0 Å². The minimum Gasteiger partial charge on any atom is -0.354 e. The third-order valence-electron chi connectivity index (χ3n) is 4.17. The van der Waals surface area contributed by atoms with E-state index in [1.54, 1.807) is 4.90 Å². The molecule has 1 N–H and O–H groups in total. The van der Waals surface area contributed by atoms with Gasteiger partial charge in [-0.05, 0) is 37.5 Å². The van der Waals surface area contributed by atoms with Crippen molar-refractivity contribution in [3.8, 4) is 0 Å². The van der Waals surface area contributed by atoms with Gasteiger partial charge in [-0.15, -0.1) is 0 Å². The Morgan fingerprint density at radius 1 is 1.25 bits per heavy atom.